The van der Waals surface area contributed by atoms with E-state index in [0.29, 0.717) is 32.1 Å². The number of hydrogen-bond acceptors (Lipinski definition) is 4. The lowest BCUT2D eigenvalue weighted by Gasteiger charge is -2.61. The van der Waals surface area contributed by atoms with Gasteiger partial charge >= 0.3 is 0 Å². The molecule has 8 atom stereocenters. The highest BCUT2D eigenvalue weighted by atomic mass is 19.1. The van der Waals surface area contributed by atoms with Crippen molar-refractivity contribution in [2.45, 2.75) is 71.1 Å². The normalized spacial score (nSPS) is 51.5. The van der Waals surface area contributed by atoms with E-state index in [-0.39, 0.29) is 47.1 Å². The average Bonchev–Trinajstić information content (AvgIpc) is 2.90. The SMILES string of the molecule is CC(=O)[C@H]1C(C#N)C[C@H]2[C@@H]3CCC4=CC(O)C(=O)C[C@]4(C)[C@@]3(F)CC[C@]12C. The second kappa shape index (κ2) is 5.73. The number of aliphatic hydroxyl groups excluding tert-OH is 1. The predicted molar refractivity (Wildman–Crippen MR) is 97.1 cm³/mol. The van der Waals surface area contributed by atoms with Gasteiger partial charge in [-0.1, -0.05) is 19.4 Å². The van der Waals surface area contributed by atoms with Crippen LogP contribution >= 0.6 is 0 Å². The molecule has 5 heteroatoms. The number of alkyl halides is 1. The Morgan fingerprint density at radius 2 is 2.04 bits per heavy atom. The van der Waals surface area contributed by atoms with Crippen LogP contribution in [0.5, 0.6) is 0 Å². The highest BCUT2D eigenvalue weighted by Gasteiger charge is 2.69. The summed E-state index contributed by atoms with van der Waals surface area (Å²) in [5.41, 5.74) is -1.88. The first kappa shape index (κ1) is 18.8. The van der Waals surface area contributed by atoms with Crippen molar-refractivity contribution < 1.29 is 19.1 Å². The zero-order chi connectivity index (χ0) is 19.8. The topological polar surface area (TPSA) is 78.2 Å². The van der Waals surface area contributed by atoms with Crippen molar-refractivity contribution >= 4 is 11.6 Å². The third kappa shape index (κ3) is 2.23. The van der Waals surface area contributed by atoms with E-state index in [2.05, 4.69) is 13.0 Å². The van der Waals surface area contributed by atoms with Gasteiger partial charge < -0.3 is 5.11 Å². The molecule has 4 rings (SSSR count). The first-order chi connectivity index (χ1) is 12.6. The van der Waals surface area contributed by atoms with Crippen LogP contribution in [-0.4, -0.2) is 28.4 Å². The standard InChI is InChI=1S/C22H28FNO3/c1-12(25)19-13(11-24)8-16-15-5-4-14-9-17(26)18(27)10-21(14,3)22(15,23)7-6-20(16,19)2/h9,13,15-17,19,26H,4-8,10H2,1-3H3/t13?,15-,16-,17?,19-,20-,21-,22+/m0/s1. The summed E-state index contributed by atoms with van der Waals surface area (Å²) >= 11 is 0. The lowest BCUT2D eigenvalue weighted by molar-refractivity contribution is -0.158. The van der Waals surface area contributed by atoms with E-state index in [4.69, 9.17) is 0 Å². The van der Waals surface area contributed by atoms with Crippen LogP contribution < -0.4 is 0 Å². The molecule has 146 valence electrons. The van der Waals surface area contributed by atoms with E-state index in [0.717, 1.165) is 5.57 Å². The maximum atomic E-state index is 16.8. The number of carbonyl (C=O) groups is 2. The fourth-order valence-electron chi connectivity index (χ4n) is 7.40. The van der Waals surface area contributed by atoms with E-state index in [1.165, 1.54) is 0 Å². The number of halogens is 1. The molecule has 0 bridgehead atoms. The van der Waals surface area contributed by atoms with Gasteiger partial charge in [0.2, 0.25) is 0 Å². The summed E-state index contributed by atoms with van der Waals surface area (Å²) in [7, 11) is 0. The zero-order valence-electron chi connectivity index (χ0n) is 16.3. The van der Waals surface area contributed by atoms with Gasteiger partial charge in [-0.15, -0.1) is 0 Å². The summed E-state index contributed by atoms with van der Waals surface area (Å²) in [6.07, 6.45) is 3.26. The molecule has 2 unspecified atom stereocenters. The number of rotatable bonds is 1. The maximum absolute atomic E-state index is 16.8. The van der Waals surface area contributed by atoms with Gasteiger partial charge in [0, 0.05) is 17.8 Å². The van der Waals surface area contributed by atoms with Gasteiger partial charge in [0.25, 0.3) is 0 Å². The highest BCUT2D eigenvalue weighted by Crippen LogP contribution is 2.70. The van der Waals surface area contributed by atoms with Crippen molar-refractivity contribution in [2.75, 3.05) is 0 Å². The third-order valence-electron chi connectivity index (χ3n) is 8.74. The molecule has 4 nitrogen and oxygen atoms in total. The van der Waals surface area contributed by atoms with Crippen molar-refractivity contribution in [1.82, 2.24) is 0 Å². The Bertz CT molecular complexity index is 785. The van der Waals surface area contributed by atoms with Crippen molar-refractivity contribution in [2.24, 2.45) is 34.5 Å². The summed E-state index contributed by atoms with van der Waals surface area (Å²) in [5.74, 6) is -1.21. The van der Waals surface area contributed by atoms with Gasteiger partial charge in [0.15, 0.2) is 5.78 Å². The Morgan fingerprint density at radius 1 is 1.33 bits per heavy atom. The predicted octanol–water partition coefficient (Wildman–Crippen LogP) is 3.54. The number of ketones is 2. The van der Waals surface area contributed by atoms with E-state index in [1.807, 2.05) is 6.92 Å². The molecule has 27 heavy (non-hydrogen) atoms. The van der Waals surface area contributed by atoms with Crippen molar-refractivity contribution in [3.05, 3.63) is 11.6 Å². The molecule has 0 aromatic carbocycles. The molecular weight excluding hydrogens is 345 g/mol. The molecule has 4 aliphatic carbocycles. The Hall–Kier alpha value is -1.54. The highest BCUT2D eigenvalue weighted by molar-refractivity contribution is 5.87. The average molecular weight is 373 g/mol. The summed E-state index contributed by atoms with van der Waals surface area (Å²) < 4.78 is 16.8. The van der Waals surface area contributed by atoms with Gasteiger partial charge in [-0.05, 0) is 62.4 Å². The van der Waals surface area contributed by atoms with Crippen LogP contribution in [0.1, 0.15) is 59.3 Å². The van der Waals surface area contributed by atoms with Crippen LogP contribution in [0.4, 0.5) is 4.39 Å². The van der Waals surface area contributed by atoms with E-state index >= 15 is 4.39 Å². The van der Waals surface area contributed by atoms with E-state index in [1.54, 1.807) is 13.0 Å². The molecule has 0 aromatic rings. The zero-order valence-corrected chi connectivity index (χ0v) is 16.3. The molecule has 0 spiro atoms. The number of aliphatic hydroxyl groups is 1. The minimum absolute atomic E-state index is 0.0184. The van der Waals surface area contributed by atoms with Crippen molar-refractivity contribution in [1.29, 1.82) is 5.26 Å². The fourth-order valence-corrected chi connectivity index (χ4v) is 7.40. The van der Waals surface area contributed by atoms with E-state index in [9.17, 15) is 20.0 Å². The number of nitriles is 1. The Labute approximate surface area is 159 Å². The van der Waals surface area contributed by atoms with Gasteiger partial charge in [-0.2, -0.15) is 5.26 Å². The molecule has 0 heterocycles. The number of allylic oxidation sites excluding steroid dienone is 1. The quantitative estimate of drug-likeness (QED) is 0.713. The number of hydrogen-bond donors (Lipinski definition) is 1. The number of nitrogens with zero attached hydrogens (tertiary/aromatic N) is 1. The molecule has 0 aliphatic heterocycles. The van der Waals surface area contributed by atoms with Crippen molar-refractivity contribution in [3.8, 4) is 6.07 Å². The van der Waals surface area contributed by atoms with Gasteiger partial charge in [-0.25, -0.2) is 4.39 Å². The molecule has 4 aliphatic rings. The summed E-state index contributed by atoms with van der Waals surface area (Å²) in [6.45, 7) is 5.48. The van der Waals surface area contributed by atoms with Crippen molar-refractivity contribution in [3.63, 3.8) is 0 Å². The van der Waals surface area contributed by atoms with Crippen LogP contribution in [0.25, 0.3) is 0 Å². The number of Topliss-reactive ketones (excluding diaryl/α,β-unsaturated/α-hetero) is 2. The van der Waals surface area contributed by atoms with Crippen LogP contribution in [0.15, 0.2) is 11.6 Å². The summed E-state index contributed by atoms with van der Waals surface area (Å²) in [4.78, 5) is 24.6. The number of fused-ring (bicyclic) bond motifs is 5. The Kier molecular flexibility index (Phi) is 3.99. The minimum Gasteiger partial charge on any atom is -0.381 e. The summed E-state index contributed by atoms with van der Waals surface area (Å²) in [5, 5.41) is 19.6. The van der Waals surface area contributed by atoms with Crippen LogP contribution in [0.2, 0.25) is 0 Å². The molecular formula is C22H28FNO3. The second-order valence-electron chi connectivity index (χ2n) is 9.79. The molecule has 1 N–H and O–H groups in total. The van der Waals surface area contributed by atoms with Crippen LogP contribution in [0.3, 0.4) is 0 Å². The summed E-state index contributed by atoms with van der Waals surface area (Å²) in [6, 6.07) is 2.32. The Morgan fingerprint density at radius 3 is 2.67 bits per heavy atom. The third-order valence-corrected chi connectivity index (χ3v) is 8.74. The first-order valence-electron chi connectivity index (χ1n) is 10.1. The van der Waals surface area contributed by atoms with Gasteiger partial charge in [0.05, 0.1) is 12.0 Å². The van der Waals surface area contributed by atoms with Gasteiger partial charge in [-0.3, -0.25) is 9.59 Å². The second-order valence-corrected chi connectivity index (χ2v) is 9.79. The molecule has 0 amide bonds. The number of carbonyl (C=O) groups excluding carboxylic acids is 2. The van der Waals surface area contributed by atoms with Gasteiger partial charge in [0.1, 0.15) is 17.6 Å². The van der Waals surface area contributed by atoms with E-state index < -0.39 is 17.2 Å². The molecule has 3 saturated carbocycles. The first-order valence-corrected chi connectivity index (χ1v) is 10.1. The van der Waals surface area contributed by atoms with Crippen LogP contribution in [-0.2, 0) is 9.59 Å². The molecule has 0 saturated heterocycles. The lowest BCUT2D eigenvalue weighted by Crippen LogP contribution is -2.62. The Balaban J connectivity index is 1.77. The minimum atomic E-state index is -1.53. The largest absolute Gasteiger partial charge is 0.381 e. The molecule has 0 radical (unpaired) electrons. The van der Waals surface area contributed by atoms with Crippen LogP contribution in [0, 0.1) is 45.8 Å². The fraction of sp³-hybridized carbons (Fsp3) is 0.773. The monoisotopic (exact) mass is 373 g/mol. The lowest BCUT2D eigenvalue weighted by atomic mass is 9.45. The molecule has 0 aromatic heterocycles. The maximum Gasteiger partial charge on any atom is 0.166 e. The smallest absolute Gasteiger partial charge is 0.166 e. The molecule has 3 fully saturated rings.